The maximum Gasteiger partial charge on any atom is -0.0228 e. The summed E-state index contributed by atoms with van der Waals surface area (Å²) in [5.41, 5.74) is 5.14. The van der Waals surface area contributed by atoms with Gasteiger partial charge in [-0.15, -0.1) is 0 Å². The van der Waals surface area contributed by atoms with Crippen molar-refractivity contribution in [2.45, 2.75) is 27.2 Å². The zero-order valence-electron chi connectivity index (χ0n) is 8.15. The average Bonchev–Trinajstić information content (AvgIpc) is 2.03. The van der Waals surface area contributed by atoms with Gasteiger partial charge in [-0.3, -0.25) is 0 Å². The number of rotatable bonds is 2. The van der Waals surface area contributed by atoms with Crippen LogP contribution in [0.4, 0.5) is 0 Å². The zero-order chi connectivity index (χ0) is 9.14. The lowest BCUT2D eigenvalue weighted by Gasteiger charge is -2.04. The SMILES string of the molecule is C=C(C)c1cc(C)cc(CC)c1. The summed E-state index contributed by atoms with van der Waals surface area (Å²) < 4.78 is 0. The van der Waals surface area contributed by atoms with Crippen LogP contribution in [-0.2, 0) is 6.42 Å². The first-order valence-corrected chi connectivity index (χ1v) is 4.40. The molecule has 1 aromatic rings. The first-order chi connectivity index (χ1) is 5.63. The topological polar surface area (TPSA) is 0 Å². The number of hydrogen-bond donors (Lipinski definition) is 0. The maximum atomic E-state index is 3.94. The van der Waals surface area contributed by atoms with Gasteiger partial charge in [0, 0.05) is 0 Å². The van der Waals surface area contributed by atoms with E-state index >= 15 is 0 Å². The summed E-state index contributed by atoms with van der Waals surface area (Å²) in [6.07, 6.45) is 1.10. The summed E-state index contributed by atoms with van der Waals surface area (Å²) in [6.45, 7) is 10.3. The van der Waals surface area contributed by atoms with Crippen LogP contribution in [0.25, 0.3) is 5.57 Å². The minimum atomic E-state index is 1.10. The molecule has 64 valence electrons. The van der Waals surface area contributed by atoms with Crippen LogP contribution in [-0.4, -0.2) is 0 Å². The minimum absolute atomic E-state index is 1.10. The highest BCUT2D eigenvalue weighted by molar-refractivity contribution is 5.62. The lowest BCUT2D eigenvalue weighted by molar-refractivity contribution is 1.13. The summed E-state index contributed by atoms with van der Waals surface area (Å²) >= 11 is 0. The molecule has 0 aliphatic rings. The zero-order valence-corrected chi connectivity index (χ0v) is 8.15. The van der Waals surface area contributed by atoms with E-state index in [1.54, 1.807) is 0 Å². The Morgan fingerprint density at radius 1 is 1.33 bits per heavy atom. The second kappa shape index (κ2) is 3.57. The van der Waals surface area contributed by atoms with Crippen molar-refractivity contribution in [1.29, 1.82) is 0 Å². The molecule has 0 saturated carbocycles. The lowest BCUT2D eigenvalue weighted by Crippen LogP contribution is -1.86. The Hall–Kier alpha value is -1.04. The summed E-state index contributed by atoms with van der Waals surface area (Å²) in [5.74, 6) is 0. The van der Waals surface area contributed by atoms with Gasteiger partial charge in [0.1, 0.15) is 0 Å². The highest BCUT2D eigenvalue weighted by Gasteiger charge is 1.96. The van der Waals surface area contributed by atoms with Gasteiger partial charge in [-0.2, -0.15) is 0 Å². The van der Waals surface area contributed by atoms with Crippen molar-refractivity contribution >= 4 is 5.57 Å². The Morgan fingerprint density at radius 3 is 2.50 bits per heavy atom. The molecule has 0 radical (unpaired) electrons. The number of benzene rings is 1. The molecule has 1 rings (SSSR count). The molecule has 0 bridgehead atoms. The molecule has 0 aliphatic carbocycles. The van der Waals surface area contributed by atoms with E-state index in [-0.39, 0.29) is 0 Å². The summed E-state index contributed by atoms with van der Waals surface area (Å²) in [4.78, 5) is 0. The van der Waals surface area contributed by atoms with Gasteiger partial charge >= 0.3 is 0 Å². The van der Waals surface area contributed by atoms with Gasteiger partial charge in [-0.25, -0.2) is 0 Å². The van der Waals surface area contributed by atoms with E-state index in [1.165, 1.54) is 16.7 Å². The molecule has 0 unspecified atom stereocenters. The fourth-order valence-electron chi connectivity index (χ4n) is 1.31. The molecule has 0 heterocycles. The normalized spacial score (nSPS) is 9.92. The predicted octanol–water partition coefficient (Wildman–Crippen LogP) is 3.59. The second-order valence-electron chi connectivity index (χ2n) is 3.34. The average molecular weight is 160 g/mol. The van der Waals surface area contributed by atoms with E-state index in [9.17, 15) is 0 Å². The van der Waals surface area contributed by atoms with Crippen LogP contribution in [0.2, 0.25) is 0 Å². The molecule has 12 heavy (non-hydrogen) atoms. The monoisotopic (exact) mass is 160 g/mol. The summed E-state index contributed by atoms with van der Waals surface area (Å²) in [7, 11) is 0. The van der Waals surface area contributed by atoms with Gasteiger partial charge in [-0.05, 0) is 31.4 Å². The van der Waals surface area contributed by atoms with Crippen LogP contribution in [0, 0.1) is 6.92 Å². The van der Waals surface area contributed by atoms with E-state index in [1.807, 2.05) is 6.92 Å². The molecule has 0 nitrogen and oxygen atoms in total. The van der Waals surface area contributed by atoms with Crippen LogP contribution < -0.4 is 0 Å². The molecule has 0 heteroatoms. The second-order valence-corrected chi connectivity index (χ2v) is 3.34. The fourth-order valence-corrected chi connectivity index (χ4v) is 1.31. The molecular weight excluding hydrogens is 144 g/mol. The van der Waals surface area contributed by atoms with E-state index in [2.05, 4.69) is 38.6 Å². The van der Waals surface area contributed by atoms with Crippen molar-refractivity contribution in [2.24, 2.45) is 0 Å². The van der Waals surface area contributed by atoms with Gasteiger partial charge < -0.3 is 0 Å². The Bertz CT molecular complexity index is 295. The van der Waals surface area contributed by atoms with Crippen LogP contribution >= 0.6 is 0 Å². The van der Waals surface area contributed by atoms with Crippen LogP contribution in [0.1, 0.15) is 30.5 Å². The van der Waals surface area contributed by atoms with Crippen LogP contribution in [0.3, 0.4) is 0 Å². The molecule has 0 saturated heterocycles. The molecule has 0 fully saturated rings. The molecule has 0 N–H and O–H groups in total. The van der Waals surface area contributed by atoms with Gasteiger partial charge in [0.15, 0.2) is 0 Å². The summed E-state index contributed by atoms with van der Waals surface area (Å²) in [6, 6.07) is 6.63. The highest BCUT2D eigenvalue weighted by Crippen LogP contribution is 2.16. The first-order valence-electron chi connectivity index (χ1n) is 4.40. The Kier molecular flexibility index (Phi) is 2.69. The van der Waals surface area contributed by atoms with Crippen molar-refractivity contribution in [3.8, 4) is 0 Å². The molecule has 0 spiro atoms. The predicted molar refractivity (Wildman–Crippen MR) is 55.3 cm³/mol. The lowest BCUT2D eigenvalue weighted by atomic mass is 10.0. The van der Waals surface area contributed by atoms with Crippen molar-refractivity contribution in [3.05, 3.63) is 41.5 Å². The number of hydrogen-bond acceptors (Lipinski definition) is 0. The van der Waals surface area contributed by atoms with Crippen LogP contribution in [0.5, 0.6) is 0 Å². The third-order valence-electron chi connectivity index (χ3n) is 2.04. The molecule has 0 aliphatic heterocycles. The summed E-state index contributed by atoms with van der Waals surface area (Å²) in [5, 5.41) is 0. The highest BCUT2D eigenvalue weighted by atomic mass is 14.0. The van der Waals surface area contributed by atoms with Gasteiger partial charge in [0.25, 0.3) is 0 Å². The third kappa shape index (κ3) is 1.97. The molecular formula is C12H16. The maximum absolute atomic E-state index is 3.94. The Balaban J connectivity index is 3.15. The van der Waals surface area contributed by atoms with Crippen molar-refractivity contribution < 1.29 is 0 Å². The van der Waals surface area contributed by atoms with Crippen molar-refractivity contribution in [1.82, 2.24) is 0 Å². The van der Waals surface area contributed by atoms with E-state index < -0.39 is 0 Å². The largest absolute Gasteiger partial charge is 0.0955 e. The molecule has 0 aromatic heterocycles. The smallest absolute Gasteiger partial charge is 0.0228 e. The van der Waals surface area contributed by atoms with Crippen LogP contribution in [0.15, 0.2) is 24.8 Å². The van der Waals surface area contributed by atoms with E-state index in [0.717, 1.165) is 12.0 Å². The minimum Gasteiger partial charge on any atom is -0.0955 e. The van der Waals surface area contributed by atoms with Crippen molar-refractivity contribution in [2.75, 3.05) is 0 Å². The Labute approximate surface area is 74.9 Å². The Morgan fingerprint density at radius 2 is 2.00 bits per heavy atom. The third-order valence-corrected chi connectivity index (χ3v) is 2.04. The van der Waals surface area contributed by atoms with Gasteiger partial charge in [0.2, 0.25) is 0 Å². The molecule has 1 aromatic carbocycles. The van der Waals surface area contributed by atoms with E-state index in [0.29, 0.717) is 0 Å². The number of allylic oxidation sites excluding steroid dienone is 1. The first kappa shape index (κ1) is 9.05. The molecule has 0 atom stereocenters. The van der Waals surface area contributed by atoms with E-state index in [4.69, 9.17) is 0 Å². The van der Waals surface area contributed by atoms with Gasteiger partial charge in [-0.1, -0.05) is 42.8 Å². The quantitative estimate of drug-likeness (QED) is 0.620. The van der Waals surface area contributed by atoms with Crippen molar-refractivity contribution in [3.63, 3.8) is 0 Å². The van der Waals surface area contributed by atoms with Gasteiger partial charge in [0.05, 0.1) is 0 Å². The fraction of sp³-hybridized carbons (Fsp3) is 0.333. The molecule has 0 amide bonds. The number of aryl methyl sites for hydroxylation is 2. The standard InChI is InChI=1S/C12H16/c1-5-11-6-10(4)7-12(8-11)9(2)3/h6-8H,2,5H2,1,3-4H3.